The van der Waals surface area contributed by atoms with E-state index in [-0.39, 0.29) is 0 Å². The zero-order valence-corrected chi connectivity index (χ0v) is 14.0. The maximum absolute atomic E-state index is 6.16. The Labute approximate surface area is 110 Å². The van der Waals surface area contributed by atoms with E-state index in [0.717, 1.165) is 30.6 Å². The van der Waals surface area contributed by atoms with Crippen molar-refractivity contribution in [2.24, 2.45) is 0 Å². The monoisotopic (exact) mass is 310 g/mol. The molecule has 2 nitrogen and oxygen atoms in total. The summed E-state index contributed by atoms with van der Waals surface area (Å²) in [6.07, 6.45) is 3.88. The molecule has 0 aromatic carbocycles. The zero-order chi connectivity index (χ0) is 12.6. The molecule has 0 aliphatic rings. The van der Waals surface area contributed by atoms with Crippen LogP contribution in [0.15, 0.2) is 0 Å². The van der Waals surface area contributed by atoms with Crippen LogP contribution in [0.1, 0.15) is 47.0 Å². The highest BCUT2D eigenvalue weighted by Crippen LogP contribution is 2.22. The van der Waals surface area contributed by atoms with Crippen LogP contribution in [0.5, 0.6) is 0 Å². The molecule has 4 heteroatoms. The molecule has 0 aliphatic carbocycles. The molecule has 2 atom stereocenters. The first-order chi connectivity index (χ1) is 7.47. The zero-order valence-electron chi connectivity index (χ0n) is 11.4. The van der Waals surface area contributed by atoms with Crippen LogP contribution in [-0.2, 0) is 8.85 Å². The average molecular weight is 311 g/mol. The second kappa shape index (κ2) is 8.67. The molecule has 0 aromatic heterocycles. The number of alkyl halides is 1. The van der Waals surface area contributed by atoms with Gasteiger partial charge in [-0.25, -0.2) is 0 Å². The number of hydrogen-bond donors (Lipinski definition) is 0. The molecular formula is C12H27BrO2Si. The average Bonchev–Trinajstić information content (AvgIpc) is 2.25. The van der Waals surface area contributed by atoms with Crippen molar-refractivity contribution in [2.45, 2.75) is 71.8 Å². The molecule has 0 amide bonds. The molecular weight excluding hydrogens is 284 g/mol. The van der Waals surface area contributed by atoms with Gasteiger partial charge in [0.05, 0.1) is 0 Å². The molecule has 0 radical (unpaired) electrons. The third-order valence-electron chi connectivity index (χ3n) is 2.82. The predicted molar refractivity (Wildman–Crippen MR) is 76.5 cm³/mol. The summed E-state index contributed by atoms with van der Waals surface area (Å²) in [4.78, 5) is 0. The Morgan fingerprint density at radius 3 is 1.81 bits per heavy atom. The Morgan fingerprint density at radius 1 is 1.06 bits per heavy atom. The van der Waals surface area contributed by atoms with Crippen LogP contribution < -0.4 is 0 Å². The first-order valence-corrected chi connectivity index (χ1v) is 10.0. The highest BCUT2D eigenvalue weighted by atomic mass is 79.9. The van der Waals surface area contributed by atoms with Crippen molar-refractivity contribution in [2.75, 3.05) is 5.33 Å². The summed E-state index contributed by atoms with van der Waals surface area (Å²) in [6, 6.07) is 1.08. The van der Waals surface area contributed by atoms with Gasteiger partial charge in [0.2, 0.25) is 0 Å². The number of hydrogen-bond acceptors (Lipinski definition) is 2. The van der Waals surface area contributed by atoms with Crippen molar-refractivity contribution in [1.29, 1.82) is 0 Å². The number of halogens is 1. The smallest absolute Gasteiger partial charge is 0.335 e. The first kappa shape index (κ1) is 16.6. The largest absolute Gasteiger partial charge is 0.392 e. The predicted octanol–water partition coefficient (Wildman–Crippen LogP) is 4.47. The van der Waals surface area contributed by atoms with Crippen molar-refractivity contribution < 1.29 is 8.85 Å². The molecule has 0 N–H and O–H groups in total. The second-order valence-electron chi connectivity index (χ2n) is 4.60. The molecule has 0 heterocycles. The molecule has 0 saturated heterocycles. The lowest BCUT2D eigenvalue weighted by atomic mass is 10.3. The summed E-state index contributed by atoms with van der Waals surface area (Å²) in [5.74, 6) is 0. The van der Waals surface area contributed by atoms with E-state index in [1.807, 2.05) is 0 Å². The Balaban J connectivity index is 4.34. The van der Waals surface area contributed by atoms with Gasteiger partial charge < -0.3 is 8.85 Å². The van der Waals surface area contributed by atoms with Crippen LogP contribution in [0.25, 0.3) is 0 Å². The van der Waals surface area contributed by atoms with Crippen LogP contribution in [0.2, 0.25) is 12.6 Å². The van der Waals surface area contributed by atoms with Gasteiger partial charge in [0, 0.05) is 17.5 Å². The fraction of sp³-hybridized carbons (Fsp3) is 1.00. The van der Waals surface area contributed by atoms with Gasteiger partial charge >= 0.3 is 8.56 Å². The summed E-state index contributed by atoms with van der Waals surface area (Å²) in [5.41, 5.74) is 0. The van der Waals surface area contributed by atoms with Crippen molar-refractivity contribution in [3.8, 4) is 0 Å². The van der Waals surface area contributed by atoms with E-state index in [2.05, 4.69) is 50.2 Å². The summed E-state index contributed by atoms with van der Waals surface area (Å²) in [7, 11) is -1.97. The molecule has 0 aromatic rings. The molecule has 98 valence electrons. The molecule has 2 unspecified atom stereocenters. The summed E-state index contributed by atoms with van der Waals surface area (Å²) >= 11 is 3.48. The van der Waals surface area contributed by atoms with Gasteiger partial charge in [-0.2, -0.15) is 0 Å². The molecule has 0 fully saturated rings. The van der Waals surface area contributed by atoms with Crippen molar-refractivity contribution >= 4 is 24.5 Å². The van der Waals surface area contributed by atoms with Gasteiger partial charge in [0.1, 0.15) is 0 Å². The third-order valence-corrected chi connectivity index (χ3v) is 6.44. The molecule has 0 bridgehead atoms. The van der Waals surface area contributed by atoms with Gasteiger partial charge in [0.15, 0.2) is 0 Å². The SMILES string of the molecule is CCC(C)O[Si](C)(CCCBr)OC(C)CC. The second-order valence-corrected chi connectivity index (χ2v) is 8.63. The van der Waals surface area contributed by atoms with Crippen LogP contribution in [0.3, 0.4) is 0 Å². The maximum atomic E-state index is 6.16. The summed E-state index contributed by atoms with van der Waals surface area (Å²) in [6.45, 7) is 10.8. The Hall–Kier alpha value is 0.617. The Kier molecular flexibility index (Phi) is 9.00. The Morgan fingerprint density at radius 2 is 1.50 bits per heavy atom. The van der Waals surface area contributed by atoms with E-state index in [1.54, 1.807) is 0 Å². The molecule has 0 saturated carbocycles. The van der Waals surface area contributed by atoms with Crippen molar-refractivity contribution in [3.63, 3.8) is 0 Å². The minimum Gasteiger partial charge on any atom is -0.392 e. The van der Waals surface area contributed by atoms with Crippen LogP contribution >= 0.6 is 15.9 Å². The summed E-state index contributed by atoms with van der Waals surface area (Å²) < 4.78 is 12.3. The molecule has 0 spiro atoms. The standard InChI is InChI=1S/C12H27BrO2Si/c1-6-11(3)14-16(5,10-8-9-13)15-12(4)7-2/h11-12H,6-10H2,1-5H3. The lowest BCUT2D eigenvalue weighted by Gasteiger charge is -2.32. The van der Waals surface area contributed by atoms with E-state index in [0.29, 0.717) is 12.2 Å². The lowest BCUT2D eigenvalue weighted by molar-refractivity contribution is 0.0912. The van der Waals surface area contributed by atoms with E-state index in [1.165, 1.54) is 0 Å². The van der Waals surface area contributed by atoms with Crippen LogP contribution in [-0.4, -0.2) is 26.1 Å². The third kappa shape index (κ3) is 7.04. The van der Waals surface area contributed by atoms with Crippen molar-refractivity contribution in [3.05, 3.63) is 0 Å². The quantitative estimate of drug-likeness (QED) is 0.462. The minimum absolute atomic E-state index is 0.316. The summed E-state index contributed by atoms with van der Waals surface area (Å²) in [5, 5.41) is 1.03. The highest BCUT2D eigenvalue weighted by molar-refractivity contribution is 9.09. The van der Waals surface area contributed by atoms with E-state index in [4.69, 9.17) is 8.85 Å². The normalized spacial score (nSPS) is 19.1. The van der Waals surface area contributed by atoms with E-state index in [9.17, 15) is 0 Å². The lowest BCUT2D eigenvalue weighted by Crippen LogP contribution is -2.43. The molecule has 0 rings (SSSR count). The maximum Gasteiger partial charge on any atom is 0.335 e. The van der Waals surface area contributed by atoms with Gasteiger partial charge in [-0.05, 0) is 45.7 Å². The van der Waals surface area contributed by atoms with E-state index < -0.39 is 8.56 Å². The van der Waals surface area contributed by atoms with Crippen molar-refractivity contribution in [1.82, 2.24) is 0 Å². The Bertz CT molecular complexity index is 166. The highest BCUT2D eigenvalue weighted by Gasteiger charge is 2.34. The molecule has 16 heavy (non-hydrogen) atoms. The van der Waals surface area contributed by atoms with Gasteiger partial charge in [-0.1, -0.05) is 29.8 Å². The van der Waals surface area contributed by atoms with Gasteiger partial charge in [0.25, 0.3) is 0 Å². The van der Waals surface area contributed by atoms with Crippen LogP contribution in [0, 0.1) is 0 Å². The molecule has 0 aliphatic heterocycles. The fourth-order valence-corrected chi connectivity index (χ4v) is 5.50. The first-order valence-electron chi connectivity index (χ1n) is 6.39. The van der Waals surface area contributed by atoms with E-state index >= 15 is 0 Å². The fourth-order valence-electron chi connectivity index (χ4n) is 1.55. The van der Waals surface area contributed by atoms with Gasteiger partial charge in [-0.15, -0.1) is 0 Å². The topological polar surface area (TPSA) is 18.5 Å². The minimum atomic E-state index is -1.97. The van der Waals surface area contributed by atoms with Crippen LogP contribution in [0.4, 0.5) is 0 Å². The number of rotatable bonds is 9. The van der Waals surface area contributed by atoms with Gasteiger partial charge in [-0.3, -0.25) is 0 Å².